The van der Waals surface area contributed by atoms with E-state index in [1.54, 1.807) is 0 Å². The van der Waals surface area contributed by atoms with Crippen LogP contribution < -0.4 is 5.32 Å². The number of nitrogens with one attached hydrogen (secondary N) is 2. The number of H-pyrrole nitrogens is 1. The Balaban J connectivity index is 1.99. The van der Waals surface area contributed by atoms with Crippen molar-refractivity contribution in [2.45, 2.75) is 33.7 Å². The molecule has 0 saturated heterocycles. The number of anilines is 1. The fourth-order valence-electron chi connectivity index (χ4n) is 2.83. The van der Waals surface area contributed by atoms with E-state index in [2.05, 4.69) is 41.4 Å². The number of Topliss-reactive ketones (excluding diaryl/α,β-unsaturated/α-hetero) is 1. The van der Waals surface area contributed by atoms with Crippen LogP contribution in [-0.4, -0.2) is 26.4 Å². The number of aromatic amines is 1. The molecule has 0 spiro atoms. The summed E-state index contributed by atoms with van der Waals surface area (Å²) in [6.45, 7) is 8.05. The number of aryl methyl sites for hydroxylation is 1. The molecule has 0 radical (unpaired) electrons. The Hall–Kier alpha value is -2.56. The molecular formula is C19H24N4O. The maximum absolute atomic E-state index is 12.2. The first-order valence-corrected chi connectivity index (χ1v) is 8.32. The molecule has 0 aliphatic heterocycles. The summed E-state index contributed by atoms with van der Waals surface area (Å²) in [6.07, 6.45) is 2.05. The highest BCUT2D eigenvalue weighted by Crippen LogP contribution is 2.25. The van der Waals surface area contributed by atoms with Gasteiger partial charge in [0.2, 0.25) is 0 Å². The SMILES string of the molecule is CC(C)Nc1cc(-c2nc3ccc(C(=O)C(C)C)cc3[nH]2)n(C)c1. The Kier molecular flexibility index (Phi) is 4.18. The first-order valence-electron chi connectivity index (χ1n) is 8.32. The van der Waals surface area contributed by atoms with E-state index in [9.17, 15) is 4.79 Å². The first-order chi connectivity index (χ1) is 11.3. The highest BCUT2D eigenvalue weighted by molar-refractivity contribution is 6.00. The Bertz CT molecular complexity index is 886. The lowest BCUT2D eigenvalue weighted by Gasteiger charge is -2.05. The summed E-state index contributed by atoms with van der Waals surface area (Å²) in [5, 5.41) is 3.40. The number of imidazole rings is 1. The van der Waals surface area contributed by atoms with Crippen LogP contribution in [0.1, 0.15) is 38.1 Å². The van der Waals surface area contributed by atoms with Gasteiger partial charge in [0.25, 0.3) is 0 Å². The zero-order valence-corrected chi connectivity index (χ0v) is 14.8. The number of fused-ring (bicyclic) bond motifs is 1. The smallest absolute Gasteiger partial charge is 0.165 e. The maximum atomic E-state index is 12.2. The zero-order chi connectivity index (χ0) is 17.4. The summed E-state index contributed by atoms with van der Waals surface area (Å²) in [7, 11) is 2.00. The third-order valence-electron chi connectivity index (χ3n) is 3.99. The first kappa shape index (κ1) is 16.3. The predicted octanol–water partition coefficient (Wildman–Crippen LogP) is 4.23. The van der Waals surface area contributed by atoms with Gasteiger partial charge in [0.05, 0.1) is 22.4 Å². The summed E-state index contributed by atoms with van der Waals surface area (Å²) in [5.74, 6) is 0.941. The van der Waals surface area contributed by atoms with E-state index in [0.717, 1.165) is 33.8 Å². The van der Waals surface area contributed by atoms with Gasteiger partial charge < -0.3 is 14.9 Å². The molecule has 0 aliphatic carbocycles. The van der Waals surface area contributed by atoms with Crippen LogP contribution in [0, 0.1) is 5.92 Å². The Labute approximate surface area is 142 Å². The van der Waals surface area contributed by atoms with Gasteiger partial charge in [-0.05, 0) is 38.1 Å². The van der Waals surface area contributed by atoms with Crippen molar-refractivity contribution in [3.05, 3.63) is 36.0 Å². The van der Waals surface area contributed by atoms with E-state index in [1.807, 2.05) is 43.7 Å². The molecule has 2 aromatic heterocycles. The number of ketones is 1. The van der Waals surface area contributed by atoms with Crippen LogP contribution in [0.2, 0.25) is 0 Å². The van der Waals surface area contributed by atoms with Gasteiger partial charge in [-0.25, -0.2) is 4.98 Å². The van der Waals surface area contributed by atoms with Crippen molar-refractivity contribution in [3.63, 3.8) is 0 Å². The van der Waals surface area contributed by atoms with Crippen molar-refractivity contribution in [2.75, 3.05) is 5.32 Å². The topological polar surface area (TPSA) is 62.7 Å². The minimum atomic E-state index is -0.0117. The number of rotatable bonds is 5. The molecule has 0 unspecified atom stereocenters. The standard InChI is InChI=1S/C19H24N4O/c1-11(2)18(24)13-6-7-15-16(8-13)22-19(21-15)17-9-14(10-23(17)5)20-12(3)4/h6-12,20H,1-5H3,(H,21,22). The average Bonchev–Trinajstić information content (AvgIpc) is 3.07. The largest absolute Gasteiger partial charge is 0.382 e. The van der Waals surface area contributed by atoms with Crippen LogP contribution in [0.5, 0.6) is 0 Å². The Morgan fingerprint density at radius 2 is 1.96 bits per heavy atom. The molecule has 5 nitrogen and oxygen atoms in total. The van der Waals surface area contributed by atoms with Gasteiger partial charge in [-0.3, -0.25) is 4.79 Å². The summed E-state index contributed by atoms with van der Waals surface area (Å²) in [6, 6.07) is 8.11. The fourth-order valence-corrected chi connectivity index (χ4v) is 2.83. The fraction of sp³-hybridized carbons (Fsp3) is 0.368. The molecule has 0 fully saturated rings. The lowest BCUT2D eigenvalue weighted by Crippen LogP contribution is -2.08. The summed E-state index contributed by atoms with van der Waals surface area (Å²) in [5.41, 5.74) is 4.55. The van der Waals surface area contributed by atoms with Crippen LogP contribution in [0.4, 0.5) is 5.69 Å². The second-order valence-corrected chi connectivity index (χ2v) is 6.86. The number of benzene rings is 1. The molecule has 0 aliphatic rings. The molecule has 0 amide bonds. The van der Waals surface area contributed by atoms with E-state index in [4.69, 9.17) is 0 Å². The van der Waals surface area contributed by atoms with Gasteiger partial charge >= 0.3 is 0 Å². The minimum Gasteiger partial charge on any atom is -0.382 e. The summed E-state index contributed by atoms with van der Waals surface area (Å²) in [4.78, 5) is 20.2. The molecule has 2 heterocycles. The highest BCUT2D eigenvalue weighted by Gasteiger charge is 2.14. The Morgan fingerprint density at radius 3 is 2.62 bits per heavy atom. The molecular weight excluding hydrogens is 300 g/mol. The molecule has 0 atom stereocenters. The van der Waals surface area contributed by atoms with Crippen LogP contribution >= 0.6 is 0 Å². The van der Waals surface area contributed by atoms with Gasteiger partial charge in [-0.1, -0.05) is 13.8 Å². The number of carbonyl (C=O) groups is 1. The molecule has 2 N–H and O–H groups in total. The lowest BCUT2D eigenvalue weighted by atomic mass is 10.0. The van der Waals surface area contributed by atoms with E-state index in [-0.39, 0.29) is 11.7 Å². The number of hydrogen-bond acceptors (Lipinski definition) is 3. The molecule has 24 heavy (non-hydrogen) atoms. The van der Waals surface area contributed by atoms with Crippen molar-refractivity contribution in [1.29, 1.82) is 0 Å². The monoisotopic (exact) mass is 324 g/mol. The zero-order valence-electron chi connectivity index (χ0n) is 14.8. The second-order valence-electron chi connectivity index (χ2n) is 6.86. The molecule has 126 valence electrons. The third-order valence-corrected chi connectivity index (χ3v) is 3.99. The maximum Gasteiger partial charge on any atom is 0.165 e. The molecule has 5 heteroatoms. The minimum absolute atomic E-state index is 0.0117. The van der Waals surface area contributed by atoms with Crippen molar-refractivity contribution in [2.24, 2.45) is 13.0 Å². The van der Waals surface area contributed by atoms with Gasteiger partial charge in [-0.15, -0.1) is 0 Å². The van der Waals surface area contributed by atoms with Gasteiger partial charge in [0, 0.05) is 30.8 Å². The quantitative estimate of drug-likeness (QED) is 0.690. The lowest BCUT2D eigenvalue weighted by molar-refractivity contribution is 0.0939. The van der Waals surface area contributed by atoms with Gasteiger partial charge in [-0.2, -0.15) is 0 Å². The van der Waals surface area contributed by atoms with Crippen LogP contribution in [0.3, 0.4) is 0 Å². The normalized spacial score (nSPS) is 11.6. The highest BCUT2D eigenvalue weighted by atomic mass is 16.1. The van der Waals surface area contributed by atoms with Gasteiger partial charge in [0.15, 0.2) is 11.6 Å². The summed E-state index contributed by atoms with van der Waals surface area (Å²) >= 11 is 0. The van der Waals surface area contributed by atoms with Crippen molar-refractivity contribution < 1.29 is 4.79 Å². The van der Waals surface area contributed by atoms with E-state index in [0.29, 0.717) is 6.04 Å². The Morgan fingerprint density at radius 1 is 1.21 bits per heavy atom. The number of hydrogen-bond donors (Lipinski definition) is 2. The summed E-state index contributed by atoms with van der Waals surface area (Å²) < 4.78 is 2.04. The van der Waals surface area contributed by atoms with Gasteiger partial charge in [0.1, 0.15) is 0 Å². The number of nitrogens with zero attached hydrogens (tertiary/aromatic N) is 2. The number of carbonyl (C=O) groups excluding carboxylic acids is 1. The number of aromatic nitrogens is 3. The van der Waals surface area contributed by atoms with Crippen LogP contribution in [0.15, 0.2) is 30.5 Å². The van der Waals surface area contributed by atoms with Crippen molar-refractivity contribution in [1.82, 2.24) is 14.5 Å². The predicted molar refractivity (Wildman–Crippen MR) is 98.4 cm³/mol. The van der Waals surface area contributed by atoms with E-state index < -0.39 is 0 Å². The molecule has 3 aromatic rings. The van der Waals surface area contributed by atoms with E-state index >= 15 is 0 Å². The van der Waals surface area contributed by atoms with Crippen molar-refractivity contribution >= 4 is 22.5 Å². The molecule has 0 bridgehead atoms. The molecule has 3 rings (SSSR count). The van der Waals surface area contributed by atoms with E-state index in [1.165, 1.54) is 0 Å². The van der Waals surface area contributed by atoms with Crippen LogP contribution in [0.25, 0.3) is 22.6 Å². The van der Waals surface area contributed by atoms with Crippen LogP contribution in [-0.2, 0) is 7.05 Å². The average molecular weight is 324 g/mol. The van der Waals surface area contributed by atoms with Crippen molar-refractivity contribution in [3.8, 4) is 11.5 Å². The second kappa shape index (κ2) is 6.15. The molecule has 1 aromatic carbocycles. The molecule has 0 saturated carbocycles. The third kappa shape index (κ3) is 3.07.